The van der Waals surface area contributed by atoms with E-state index in [2.05, 4.69) is 20.2 Å². The molecule has 1 saturated heterocycles. The summed E-state index contributed by atoms with van der Waals surface area (Å²) in [5.74, 6) is 0.682. The Hall–Kier alpha value is -4.69. The van der Waals surface area contributed by atoms with Crippen LogP contribution in [0.3, 0.4) is 0 Å². The number of ether oxygens (including phenoxy) is 2. The Labute approximate surface area is 284 Å². The third kappa shape index (κ3) is 7.97. The average molecular weight is 691 g/mol. The second-order valence-electron chi connectivity index (χ2n) is 13.0. The first kappa shape index (κ1) is 34.2. The summed E-state index contributed by atoms with van der Waals surface area (Å²) in [6, 6.07) is 11.3. The highest BCUT2D eigenvalue weighted by molar-refractivity contribution is 7.90. The molecule has 0 radical (unpaired) electrons. The van der Waals surface area contributed by atoms with Crippen LogP contribution in [0.4, 0.5) is 5.69 Å². The highest BCUT2D eigenvalue weighted by Gasteiger charge is 2.35. The lowest BCUT2D eigenvalue weighted by molar-refractivity contribution is -0.147. The molecule has 0 unspecified atom stereocenters. The van der Waals surface area contributed by atoms with Gasteiger partial charge in [-0.05, 0) is 62.1 Å². The Morgan fingerprint density at radius 1 is 1.12 bits per heavy atom. The predicted octanol–water partition coefficient (Wildman–Crippen LogP) is 3.42. The lowest BCUT2D eigenvalue weighted by Gasteiger charge is -2.36. The van der Waals surface area contributed by atoms with Crippen LogP contribution in [0.25, 0.3) is 22.4 Å². The Bertz CT molecular complexity index is 2050. The second-order valence-corrected chi connectivity index (χ2v) is 15.3. The van der Waals surface area contributed by atoms with Crippen molar-refractivity contribution in [3.8, 4) is 17.1 Å². The fraction of sp³-hybridized carbons (Fsp3) is 0.429. The number of piperidine rings is 1. The molecule has 4 heterocycles. The van der Waals surface area contributed by atoms with Gasteiger partial charge in [0, 0.05) is 57.2 Å². The first-order valence-corrected chi connectivity index (χ1v) is 18.5. The number of hydrogen-bond acceptors (Lipinski definition) is 10. The number of aromatic nitrogens is 3. The van der Waals surface area contributed by atoms with Crippen molar-refractivity contribution in [1.29, 1.82) is 0 Å². The van der Waals surface area contributed by atoms with Gasteiger partial charge in [-0.2, -0.15) is 0 Å². The van der Waals surface area contributed by atoms with Crippen molar-refractivity contribution in [1.82, 2.24) is 24.8 Å². The number of hydrogen-bond donors (Lipinski definition) is 3. The van der Waals surface area contributed by atoms with E-state index in [9.17, 15) is 22.8 Å². The summed E-state index contributed by atoms with van der Waals surface area (Å²) in [6.07, 6.45) is 3.71. The van der Waals surface area contributed by atoms with Crippen molar-refractivity contribution in [3.63, 3.8) is 0 Å². The number of carbonyl (C=O) groups excluding carboxylic acids is 2. The Balaban J connectivity index is 1.15. The molecule has 1 amide bonds. The molecule has 13 nitrogen and oxygen atoms in total. The van der Waals surface area contributed by atoms with E-state index in [-0.39, 0.29) is 42.0 Å². The number of fused-ring (bicyclic) bond motifs is 2. The van der Waals surface area contributed by atoms with E-state index in [1.807, 2.05) is 43.0 Å². The molecule has 49 heavy (non-hydrogen) atoms. The van der Waals surface area contributed by atoms with Crippen molar-refractivity contribution in [2.24, 2.45) is 0 Å². The maximum Gasteiger partial charge on any atom is 0.303 e. The van der Waals surface area contributed by atoms with Crippen LogP contribution in [-0.2, 0) is 25.9 Å². The Morgan fingerprint density at radius 3 is 2.61 bits per heavy atom. The maximum absolute atomic E-state index is 13.6. The molecule has 14 heteroatoms. The van der Waals surface area contributed by atoms with Crippen LogP contribution in [0.2, 0.25) is 0 Å². The number of H-pyrrole nitrogens is 2. The normalized spacial score (nSPS) is 16.2. The fourth-order valence-electron chi connectivity index (χ4n) is 6.60. The fourth-order valence-corrected chi connectivity index (χ4v) is 7.19. The largest absolute Gasteiger partial charge is 0.489 e. The summed E-state index contributed by atoms with van der Waals surface area (Å²) in [4.78, 5) is 53.3. The third-order valence-corrected chi connectivity index (χ3v) is 10.0. The van der Waals surface area contributed by atoms with Gasteiger partial charge in [-0.3, -0.25) is 14.4 Å². The van der Waals surface area contributed by atoms with Crippen LogP contribution in [0, 0.1) is 13.8 Å². The second kappa shape index (κ2) is 14.0. The Morgan fingerprint density at radius 2 is 1.90 bits per heavy atom. The van der Waals surface area contributed by atoms with Crippen molar-refractivity contribution in [2.45, 2.75) is 52.3 Å². The molecule has 2 aromatic carbocycles. The molecule has 260 valence electrons. The number of esters is 1. The lowest BCUT2D eigenvalue weighted by Crippen LogP contribution is -2.45. The smallest absolute Gasteiger partial charge is 0.303 e. The highest BCUT2D eigenvalue weighted by Crippen LogP contribution is 2.33. The predicted molar refractivity (Wildman–Crippen MR) is 187 cm³/mol. The van der Waals surface area contributed by atoms with E-state index in [0.717, 1.165) is 42.6 Å². The van der Waals surface area contributed by atoms with E-state index in [4.69, 9.17) is 14.5 Å². The first-order chi connectivity index (χ1) is 23.3. The minimum Gasteiger partial charge on any atom is -0.489 e. The van der Waals surface area contributed by atoms with Gasteiger partial charge >= 0.3 is 5.97 Å². The van der Waals surface area contributed by atoms with Gasteiger partial charge in [-0.25, -0.2) is 13.4 Å². The van der Waals surface area contributed by atoms with E-state index in [1.165, 1.54) is 19.4 Å². The van der Waals surface area contributed by atoms with Crippen molar-refractivity contribution in [3.05, 3.63) is 75.2 Å². The van der Waals surface area contributed by atoms with Gasteiger partial charge in [-0.1, -0.05) is 17.7 Å². The topological polar surface area (TPSA) is 167 Å². The zero-order chi connectivity index (χ0) is 34.9. The number of amides is 1. The summed E-state index contributed by atoms with van der Waals surface area (Å²) in [5, 5.41) is 3.24. The zero-order valence-electron chi connectivity index (χ0n) is 28.2. The molecule has 3 N–H and O–H groups in total. The van der Waals surface area contributed by atoms with E-state index in [1.54, 1.807) is 12.1 Å². The number of carbonyl (C=O) groups is 2. The van der Waals surface area contributed by atoms with Gasteiger partial charge in [0.25, 0.3) is 11.5 Å². The number of aryl methyl sites for hydroxylation is 2. The summed E-state index contributed by atoms with van der Waals surface area (Å²) in [7, 11) is -3.02. The molecule has 0 aliphatic carbocycles. The molecule has 1 fully saturated rings. The molecular formula is C35H42N6O7S. The van der Waals surface area contributed by atoms with E-state index in [0.29, 0.717) is 46.9 Å². The molecule has 0 saturated carbocycles. The number of pyridine rings is 1. The van der Waals surface area contributed by atoms with E-state index >= 15 is 0 Å². The summed E-state index contributed by atoms with van der Waals surface area (Å²) in [5.41, 5.74) is 5.25. The first-order valence-electron chi connectivity index (χ1n) is 16.4. The minimum atomic E-state index is -3.02. The monoisotopic (exact) mass is 690 g/mol. The number of nitrogens with zero attached hydrogens (tertiary/aromatic N) is 3. The van der Waals surface area contributed by atoms with Crippen LogP contribution in [0.5, 0.6) is 5.75 Å². The summed E-state index contributed by atoms with van der Waals surface area (Å²) >= 11 is 0. The minimum absolute atomic E-state index is 0.0397. The van der Waals surface area contributed by atoms with Gasteiger partial charge in [-0.15, -0.1) is 0 Å². The number of anilines is 1. The van der Waals surface area contributed by atoms with Gasteiger partial charge < -0.3 is 34.6 Å². The molecule has 6 rings (SSSR count). The zero-order valence-corrected chi connectivity index (χ0v) is 29.0. The van der Waals surface area contributed by atoms with Crippen molar-refractivity contribution in [2.75, 3.05) is 50.1 Å². The SMILES string of the molecule is CC(=O)O[C@H](CNc1cc[nH]c(=O)c1-c1nc2cc3c(cc2[nH]1)C(=O)N(C1CCN(CCS(C)(=O)=O)CC1)C3)COc1ccc(C)cc1C. The van der Waals surface area contributed by atoms with Gasteiger partial charge in [0.2, 0.25) is 0 Å². The number of benzene rings is 2. The van der Waals surface area contributed by atoms with Crippen molar-refractivity contribution < 1.29 is 27.5 Å². The molecule has 2 aliphatic heterocycles. The number of aromatic amines is 2. The molecule has 4 aromatic rings. The van der Waals surface area contributed by atoms with Crippen LogP contribution >= 0.6 is 0 Å². The highest BCUT2D eigenvalue weighted by atomic mass is 32.2. The number of likely N-dealkylation sites (tertiary alicyclic amines) is 1. The van der Waals surface area contributed by atoms with Gasteiger partial charge in [0.1, 0.15) is 33.6 Å². The molecular weight excluding hydrogens is 648 g/mol. The van der Waals surface area contributed by atoms with Crippen LogP contribution in [0.15, 0.2) is 47.4 Å². The molecule has 2 aromatic heterocycles. The number of imidazole rings is 1. The third-order valence-electron chi connectivity index (χ3n) is 9.12. The van der Waals surface area contributed by atoms with Gasteiger partial charge in [0.15, 0.2) is 6.10 Å². The number of nitrogens with one attached hydrogen (secondary N) is 3. The molecule has 0 bridgehead atoms. The van der Waals surface area contributed by atoms with Gasteiger partial charge in [0.05, 0.1) is 29.0 Å². The summed E-state index contributed by atoms with van der Waals surface area (Å²) in [6.45, 7) is 8.06. The maximum atomic E-state index is 13.6. The quantitative estimate of drug-likeness (QED) is 0.188. The van der Waals surface area contributed by atoms with E-state index < -0.39 is 21.9 Å². The Kier molecular flexibility index (Phi) is 9.79. The molecule has 0 spiro atoms. The van der Waals surface area contributed by atoms with Crippen LogP contribution < -0.4 is 15.6 Å². The van der Waals surface area contributed by atoms with Crippen molar-refractivity contribution >= 4 is 38.4 Å². The summed E-state index contributed by atoms with van der Waals surface area (Å²) < 4.78 is 34.6. The molecule has 2 aliphatic rings. The van der Waals surface area contributed by atoms with Crippen LogP contribution in [-0.4, -0.2) is 102 Å². The molecule has 1 atom stereocenters. The van der Waals surface area contributed by atoms with Crippen LogP contribution in [0.1, 0.15) is 46.8 Å². The average Bonchev–Trinajstić information content (AvgIpc) is 3.60. The standard InChI is InChI=1S/C35H42N6O7S/c1-21-5-6-31(22(2)15-21)47-20-26(48-23(3)42)18-37-28-7-10-36-34(43)32(28)33-38-29-16-24-19-41(35(44)27(24)17-30(29)39-33)25-8-11-40(12-9-25)13-14-49(4,45)46/h5-7,10,15-17,25-26H,8-9,11-14,18-20H2,1-4H3,(H,38,39)(H2,36,37,43)/t26-/m1/s1. The number of rotatable bonds is 12. The number of sulfone groups is 1. The lowest BCUT2D eigenvalue weighted by atomic mass is 10.0.